The summed E-state index contributed by atoms with van der Waals surface area (Å²) in [5.41, 5.74) is 2.49. The summed E-state index contributed by atoms with van der Waals surface area (Å²) in [4.78, 5) is 27.6. The number of urea groups is 1. The number of nitrogens with one attached hydrogen (secondary N) is 3. The Balaban J connectivity index is 1.44. The van der Waals surface area contributed by atoms with Gasteiger partial charge in [0.1, 0.15) is 11.8 Å². The third-order valence-corrected chi connectivity index (χ3v) is 6.88. The van der Waals surface area contributed by atoms with Crippen molar-refractivity contribution in [2.45, 2.75) is 12.5 Å². The molecule has 0 bridgehead atoms. The quantitative estimate of drug-likeness (QED) is 0.279. The fraction of sp³-hybridized carbons (Fsp3) is 0.143. The molecule has 0 saturated carbocycles. The second-order valence-corrected chi connectivity index (χ2v) is 10.1. The van der Waals surface area contributed by atoms with E-state index in [0.29, 0.717) is 11.4 Å². The highest BCUT2D eigenvalue weighted by Crippen LogP contribution is 2.20. The van der Waals surface area contributed by atoms with Crippen LogP contribution in [0.1, 0.15) is 5.56 Å². The van der Waals surface area contributed by atoms with Crippen molar-refractivity contribution in [2.75, 3.05) is 23.8 Å². The Hall–Kier alpha value is -4.77. The standard InChI is InChI=1S/C28H29N5O5S/c1-32(23-14-16-25(38-2)17-15-23)27(34)26(20-21-8-4-3-5-9-21)29-28(35)31-39(36,37)30-22-10-12-24(13-11-22)33-18-6-7-19-33/h3-19,26,30H,20H2,1-2H3,(H2,29,31,35)/t26-/m0/s1. The van der Waals surface area contributed by atoms with Crippen LogP contribution in [0.15, 0.2) is 103 Å². The minimum absolute atomic E-state index is 0.155. The number of hydrogen-bond donors (Lipinski definition) is 3. The van der Waals surface area contributed by atoms with Crippen LogP contribution in [0.5, 0.6) is 5.75 Å². The third kappa shape index (κ3) is 7.39. The van der Waals surface area contributed by atoms with Crippen LogP contribution in [0.25, 0.3) is 5.69 Å². The predicted molar refractivity (Wildman–Crippen MR) is 150 cm³/mol. The molecule has 11 heteroatoms. The summed E-state index contributed by atoms with van der Waals surface area (Å²) in [7, 11) is -1.16. The van der Waals surface area contributed by atoms with Gasteiger partial charge in [-0.1, -0.05) is 30.3 Å². The Kier molecular flexibility index (Phi) is 8.52. The lowest BCUT2D eigenvalue weighted by molar-refractivity contribution is -0.120. The van der Waals surface area contributed by atoms with Crippen molar-refractivity contribution >= 4 is 33.5 Å². The van der Waals surface area contributed by atoms with E-state index in [1.807, 2.05) is 64.1 Å². The topological polar surface area (TPSA) is 122 Å². The van der Waals surface area contributed by atoms with Crippen LogP contribution in [0.2, 0.25) is 0 Å². The molecule has 1 heterocycles. The predicted octanol–water partition coefficient (Wildman–Crippen LogP) is 3.72. The molecule has 1 atom stereocenters. The maximum Gasteiger partial charge on any atom is 0.330 e. The molecule has 0 radical (unpaired) electrons. The number of anilines is 2. The summed E-state index contributed by atoms with van der Waals surface area (Å²) >= 11 is 0. The first kappa shape index (κ1) is 27.3. The van der Waals surface area contributed by atoms with Crippen molar-refractivity contribution in [3.05, 3.63) is 109 Å². The summed E-state index contributed by atoms with van der Waals surface area (Å²) in [5.74, 6) is 0.208. The highest BCUT2D eigenvalue weighted by molar-refractivity contribution is 7.91. The molecule has 0 saturated heterocycles. The molecule has 0 fully saturated rings. The van der Waals surface area contributed by atoms with Crippen molar-refractivity contribution in [2.24, 2.45) is 0 Å². The second-order valence-electron chi connectivity index (χ2n) is 8.66. The van der Waals surface area contributed by atoms with Gasteiger partial charge in [0, 0.05) is 37.2 Å². The Morgan fingerprint density at radius 3 is 2.15 bits per heavy atom. The lowest BCUT2D eigenvalue weighted by Crippen LogP contribution is -2.53. The van der Waals surface area contributed by atoms with Gasteiger partial charge in [0.15, 0.2) is 0 Å². The average molecular weight is 548 g/mol. The molecule has 3 aromatic carbocycles. The Morgan fingerprint density at radius 1 is 0.897 bits per heavy atom. The second kappa shape index (κ2) is 12.2. The summed E-state index contributed by atoms with van der Waals surface area (Å²) in [5, 5.41) is 2.52. The van der Waals surface area contributed by atoms with Gasteiger partial charge in [-0.05, 0) is 66.2 Å². The zero-order chi connectivity index (χ0) is 27.8. The van der Waals surface area contributed by atoms with Crippen LogP contribution >= 0.6 is 0 Å². The molecule has 4 aromatic rings. The molecule has 202 valence electrons. The van der Waals surface area contributed by atoms with Gasteiger partial charge in [-0.3, -0.25) is 9.52 Å². The monoisotopic (exact) mass is 547 g/mol. The van der Waals surface area contributed by atoms with Crippen molar-refractivity contribution in [1.29, 1.82) is 0 Å². The Bertz CT molecular complexity index is 1490. The number of amides is 3. The zero-order valence-corrected chi connectivity index (χ0v) is 22.3. The molecular formula is C28H29N5O5S. The van der Waals surface area contributed by atoms with Crippen molar-refractivity contribution in [1.82, 2.24) is 14.6 Å². The number of carbonyl (C=O) groups is 2. The van der Waals surface area contributed by atoms with Crippen LogP contribution in [0.4, 0.5) is 16.2 Å². The van der Waals surface area contributed by atoms with E-state index in [1.165, 1.54) is 4.90 Å². The first-order chi connectivity index (χ1) is 18.7. The number of rotatable bonds is 10. The third-order valence-electron chi connectivity index (χ3n) is 5.93. The number of methoxy groups -OCH3 is 1. The highest BCUT2D eigenvalue weighted by Gasteiger charge is 2.27. The van der Waals surface area contributed by atoms with Gasteiger partial charge in [-0.15, -0.1) is 0 Å². The van der Waals surface area contributed by atoms with Gasteiger partial charge in [-0.2, -0.15) is 8.42 Å². The molecule has 0 aliphatic rings. The summed E-state index contributed by atoms with van der Waals surface area (Å²) < 4.78 is 36.6. The van der Waals surface area contributed by atoms with E-state index in [4.69, 9.17) is 4.74 Å². The maximum atomic E-state index is 13.4. The van der Waals surface area contributed by atoms with Gasteiger partial charge in [0.25, 0.3) is 0 Å². The fourth-order valence-electron chi connectivity index (χ4n) is 3.92. The zero-order valence-electron chi connectivity index (χ0n) is 21.4. The Labute approximate surface area is 227 Å². The summed E-state index contributed by atoms with van der Waals surface area (Å²) in [6, 6.07) is 24.3. The summed E-state index contributed by atoms with van der Waals surface area (Å²) in [6.45, 7) is 0. The van der Waals surface area contributed by atoms with Crippen LogP contribution in [0.3, 0.4) is 0 Å². The molecule has 0 unspecified atom stereocenters. The maximum absolute atomic E-state index is 13.4. The van der Waals surface area contributed by atoms with E-state index in [-0.39, 0.29) is 12.1 Å². The van der Waals surface area contributed by atoms with E-state index in [9.17, 15) is 18.0 Å². The molecule has 0 spiro atoms. The number of nitrogens with zero attached hydrogens (tertiary/aromatic N) is 2. The van der Waals surface area contributed by atoms with Crippen molar-refractivity contribution < 1.29 is 22.7 Å². The minimum Gasteiger partial charge on any atom is -0.497 e. The average Bonchev–Trinajstić information content (AvgIpc) is 3.47. The number of carbonyl (C=O) groups excluding carboxylic acids is 2. The lowest BCUT2D eigenvalue weighted by Gasteiger charge is -2.25. The van der Waals surface area contributed by atoms with E-state index in [2.05, 4.69) is 10.0 Å². The first-order valence-electron chi connectivity index (χ1n) is 12.0. The Morgan fingerprint density at radius 2 is 1.54 bits per heavy atom. The van der Waals surface area contributed by atoms with Gasteiger partial charge >= 0.3 is 16.2 Å². The fourth-order valence-corrected chi connectivity index (χ4v) is 4.72. The molecule has 4 rings (SSSR count). The molecule has 1 aromatic heterocycles. The van der Waals surface area contributed by atoms with Crippen LogP contribution in [-0.4, -0.2) is 45.1 Å². The number of hydrogen-bond acceptors (Lipinski definition) is 5. The van der Waals surface area contributed by atoms with Crippen LogP contribution in [-0.2, 0) is 21.4 Å². The minimum atomic E-state index is -4.28. The van der Waals surface area contributed by atoms with Gasteiger partial charge in [0.05, 0.1) is 12.8 Å². The van der Waals surface area contributed by atoms with Gasteiger partial charge in [-0.25, -0.2) is 9.52 Å². The number of likely N-dealkylation sites (N-methyl/N-ethyl adjacent to an activating group) is 1. The number of aromatic nitrogens is 1. The van der Waals surface area contributed by atoms with E-state index in [0.717, 1.165) is 11.3 Å². The van der Waals surface area contributed by atoms with E-state index in [1.54, 1.807) is 62.7 Å². The van der Waals surface area contributed by atoms with Crippen molar-refractivity contribution in [3.8, 4) is 11.4 Å². The van der Waals surface area contributed by atoms with Crippen LogP contribution in [0, 0.1) is 0 Å². The normalized spacial score (nSPS) is 11.7. The lowest BCUT2D eigenvalue weighted by atomic mass is 10.0. The molecule has 3 N–H and O–H groups in total. The van der Waals surface area contributed by atoms with Crippen LogP contribution < -0.4 is 24.4 Å². The van der Waals surface area contributed by atoms with Gasteiger partial charge < -0.3 is 19.5 Å². The van der Waals surface area contributed by atoms with Gasteiger partial charge in [0.2, 0.25) is 5.91 Å². The van der Waals surface area contributed by atoms with Crippen molar-refractivity contribution in [3.63, 3.8) is 0 Å². The number of ether oxygens (including phenoxy) is 1. The molecule has 0 aliphatic carbocycles. The molecular weight excluding hydrogens is 518 g/mol. The molecule has 0 aliphatic heterocycles. The van der Waals surface area contributed by atoms with E-state index < -0.39 is 28.2 Å². The SMILES string of the molecule is COc1ccc(N(C)C(=O)[C@H](Cc2ccccc2)NC(=O)NS(=O)(=O)Nc2ccc(-n3cccc3)cc2)cc1. The molecule has 3 amide bonds. The highest BCUT2D eigenvalue weighted by atomic mass is 32.2. The first-order valence-corrected chi connectivity index (χ1v) is 13.5. The largest absolute Gasteiger partial charge is 0.497 e. The molecule has 39 heavy (non-hydrogen) atoms. The summed E-state index contributed by atoms with van der Waals surface area (Å²) in [6.07, 6.45) is 3.89. The smallest absolute Gasteiger partial charge is 0.330 e. The molecule has 10 nitrogen and oxygen atoms in total. The van der Waals surface area contributed by atoms with E-state index >= 15 is 0 Å². The number of benzene rings is 3.